The highest BCUT2D eigenvalue weighted by Crippen LogP contribution is 2.40. The molecule has 4 nitrogen and oxygen atoms in total. The fourth-order valence-corrected chi connectivity index (χ4v) is 0.714. The van der Waals surface area contributed by atoms with Gasteiger partial charge in [-0.25, -0.2) is 0 Å². The van der Waals surface area contributed by atoms with Crippen LogP contribution in [0.2, 0.25) is 0 Å². The summed E-state index contributed by atoms with van der Waals surface area (Å²) < 4.78 is 10.0. The maximum absolute atomic E-state index is 10.0. The van der Waals surface area contributed by atoms with Crippen molar-refractivity contribution in [2.75, 3.05) is 0 Å². The third kappa shape index (κ3) is 2.43. The average Bonchev–Trinajstić information content (AvgIpc) is 1.62. The lowest BCUT2D eigenvalue weighted by atomic mass is 10.5. The zero-order valence-electron chi connectivity index (χ0n) is 4.48. The number of hydrogen-bond acceptors (Lipinski definition) is 2. The summed E-state index contributed by atoms with van der Waals surface area (Å²) >= 11 is 0. The van der Waals surface area contributed by atoms with Crippen LogP contribution in [-0.4, -0.2) is 20.7 Å². The lowest BCUT2D eigenvalue weighted by Gasteiger charge is -2.07. The zero-order valence-corrected chi connectivity index (χ0v) is 5.38. The van der Waals surface area contributed by atoms with Gasteiger partial charge in [0, 0.05) is 0 Å². The van der Waals surface area contributed by atoms with E-state index >= 15 is 0 Å². The van der Waals surface area contributed by atoms with E-state index in [-0.39, 0.29) is 6.42 Å². The molecule has 0 aromatic carbocycles. The molecule has 0 bridgehead atoms. The third-order valence-electron chi connectivity index (χ3n) is 0.753. The minimum absolute atomic E-state index is 0.0876. The predicted octanol–water partition coefficient (Wildman–Crippen LogP) is -0.107. The Bertz CT molecular complexity index is 106. The molecular formula is C3H9O4P. The first-order valence-electron chi connectivity index (χ1n) is 2.21. The van der Waals surface area contributed by atoms with Crippen LogP contribution in [0.5, 0.6) is 0 Å². The molecule has 0 amide bonds. The summed E-state index contributed by atoms with van der Waals surface area (Å²) in [5.41, 5.74) is 0. The highest BCUT2D eigenvalue weighted by atomic mass is 31.2. The van der Waals surface area contributed by atoms with Gasteiger partial charge in [0.05, 0.1) is 0 Å². The molecule has 0 aliphatic carbocycles. The van der Waals surface area contributed by atoms with Crippen LogP contribution in [0, 0.1) is 0 Å². The van der Waals surface area contributed by atoms with Crippen molar-refractivity contribution in [1.29, 1.82) is 0 Å². The van der Waals surface area contributed by atoms with Gasteiger partial charge in [-0.1, -0.05) is 6.92 Å². The van der Waals surface area contributed by atoms with Crippen molar-refractivity contribution in [3.05, 3.63) is 0 Å². The summed E-state index contributed by atoms with van der Waals surface area (Å²) in [6, 6.07) is 0. The van der Waals surface area contributed by atoms with Gasteiger partial charge in [-0.15, -0.1) is 0 Å². The van der Waals surface area contributed by atoms with Gasteiger partial charge in [0.2, 0.25) is 0 Å². The summed E-state index contributed by atoms with van der Waals surface area (Å²) in [5.74, 6) is -1.48. The summed E-state index contributed by atoms with van der Waals surface area (Å²) in [4.78, 5) is 16.3. The van der Waals surface area contributed by atoms with Crippen LogP contribution in [0.25, 0.3) is 0 Å². The van der Waals surface area contributed by atoms with E-state index in [4.69, 9.17) is 14.9 Å². The second kappa shape index (κ2) is 2.60. The minimum atomic E-state index is -4.20. The molecule has 0 aromatic heterocycles. The van der Waals surface area contributed by atoms with E-state index in [0.717, 1.165) is 0 Å². The van der Waals surface area contributed by atoms with Crippen LogP contribution in [-0.2, 0) is 4.57 Å². The molecule has 8 heavy (non-hydrogen) atoms. The molecule has 50 valence electrons. The largest absolute Gasteiger partial charge is 0.380 e. The Balaban J connectivity index is 3.82. The molecule has 0 heterocycles. The van der Waals surface area contributed by atoms with Gasteiger partial charge in [-0.2, -0.15) is 0 Å². The second-order valence-electron chi connectivity index (χ2n) is 1.48. The molecule has 3 N–H and O–H groups in total. The van der Waals surface area contributed by atoms with Gasteiger partial charge in [0.15, 0.2) is 5.85 Å². The average molecular weight is 140 g/mol. The van der Waals surface area contributed by atoms with E-state index in [1.807, 2.05) is 0 Å². The molecule has 0 radical (unpaired) electrons. The molecule has 0 rings (SSSR count). The molecule has 0 saturated carbocycles. The molecule has 0 aliphatic rings. The van der Waals surface area contributed by atoms with Gasteiger partial charge in [-0.3, -0.25) is 4.57 Å². The molecule has 0 spiro atoms. The van der Waals surface area contributed by atoms with Crippen molar-refractivity contribution in [3.8, 4) is 0 Å². The summed E-state index contributed by atoms with van der Waals surface area (Å²) in [7, 11) is -4.20. The summed E-state index contributed by atoms with van der Waals surface area (Å²) in [5, 5.41) is 8.43. The first-order valence-corrected chi connectivity index (χ1v) is 3.90. The molecule has 0 aromatic rings. The van der Waals surface area contributed by atoms with Gasteiger partial charge in [0.1, 0.15) is 0 Å². The first kappa shape index (κ1) is 8.11. The number of aliphatic hydroxyl groups is 1. The van der Waals surface area contributed by atoms with Crippen molar-refractivity contribution in [3.63, 3.8) is 0 Å². The van der Waals surface area contributed by atoms with E-state index in [1.54, 1.807) is 0 Å². The van der Waals surface area contributed by atoms with E-state index in [9.17, 15) is 4.57 Å². The van der Waals surface area contributed by atoms with Crippen LogP contribution < -0.4 is 0 Å². The highest BCUT2D eigenvalue weighted by molar-refractivity contribution is 7.52. The fourth-order valence-electron chi connectivity index (χ4n) is 0.238. The van der Waals surface area contributed by atoms with Crippen molar-refractivity contribution >= 4 is 7.60 Å². The zero-order chi connectivity index (χ0) is 6.78. The van der Waals surface area contributed by atoms with Crippen LogP contribution in [0.3, 0.4) is 0 Å². The summed E-state index contributed by atoms with van der Waals surface area (Å²) in [6.07, 6.45) is 0.0876. The van der Waals surface area contributed by atoms with Gasteiger partial charge >= 0.3 is 7.60 Å². The normalized spacial score (nSPS) is 16.0. The van der Waals surface area contributed by atoms with Crippen LogP contribution in [0.1, 0.15) is 13.3 Å². The Morgan fingerprint density at radius 2 is 2.00 bits per heavy atom. The van der Waals surface area contributed by atoms with E-state index in [2.05, 4.69) is 0 Å². The van der Waals surface area contributed by atoms with Crippen molar-refractivity contribution in [2.24, 2.45) is 0 Å². The highest BCUT2D eigenvalue weighted by Gasteiger charge is 2.23. The molecule has 0 unspecified atom stereocenters. The smallest absolute Gasteiger partial charge is 0.353 e. The molecule has 0 aliphatic heterocycles. The molecule has 1 atom stereocenters. The van der Waals surface area contributed by atoms with E-state index < -0.39 is 13.4 Å². The summed E-state index contributed by atoms with van der Waals surface area (Å²) in [6.45, 7) is 1.50. The SMILES string of the molecule is CC[C@@H](O)P(=O)(O)O. The van der Waals surface area contributed by atoms with Crippen LogP contribution in [0.15, 0.2) is 0 Å². The quantitative estimate of drug-likeness (QED) is 0.468. The van der Waals surface area contributed by atoms with Gasteiger partial charge in [0.25, 0.3) is 0 Å². The first-order chi connectivity index (χ1) is 3.48. The van der Waals surface area contributed by atoms with Crippen molar-refractivity contribution < 1.29 is 19.5 Å². The minimum Gasteiger partial charge on any atom is -0.380 e. The molecular weight excluding hydrogens is 131 g/mol. The molecule has 5 heteroatoms. The monoisotopic (exact) mass is 140 g/mol. The van der Waals surface area contributed by atoms with Gasteiger partial charge in [-0.05, 0) is 6.42 Å². The molecule has 0 saturated heterocycles. The Morgan fingerprint density at radius 3 is 2.00 bits per heavy atom. The van der Waals surface area contributed by atoms with E-state index in [1.165, 1.54) is 6.92 Å². The lowest BCUT2D eigenvalue weighted by molar-refractivity contribution is 0.199. The van der Waals surface area contributed by atoms with Crippen LogP contribution in [0.4, 0.5) is 0 Å². The Morgan fingerprint density at radius 1 is 1.62 bits per heavy atom. The second-order valence-corrected chi connectivity index (χ2v) is 3.25. The number of rotatable bonds is 2. The fraction of sp³-hybridized carbons (Fsp3) is 1.00. The Kier molecular flexibility index (Phi) is 2.63. The maximum atomic E-state index is 10.0. The van der Waals surface area contributed by atoms with E-state index in [0.29, 0.717) is 0 Å². The maximum Gasteiger partial charge on any atom is 0.353 e. The van der Waals surface area contributed by atoms with Crippen molar-refractivity contribution in [1.82, 2.24) is 0 Å². The molecule has 0 fully saturated rings. The number of aliphatic hydroxyl groups excluding tert-OH is 1. The Hall–Kier alpha value is 0.110. The predicted molar refractivity (Wildman–Crippen MR) is 28.3 cm³/mol. The Labute approximate surface area is 47.3 Å². The lowest BCUT2D eigenvalue weighted by Crippen LogP contribution is -2.03. The number of hydrogen-bond donors (Lipinski definition) is 3. The third-order valence-corrected chi connectivity index (χ3v) is 1.90. The van der Waals surface area contributed by atoms with Crippen molar-refractivity contribution in [2.45, 2.75) is 19.2 Å². The standard InChI is InChI=1S/C3H9O4P/c1-2-3(4)8(5,6)7/h3-4H,2H2,1H3,(H2,5,6,7)/t3-/m0/s1. The topological polar surface area (TPSA) is 77.8 Å². The van der Waals surface area contributed by atoms with Gasteiger partial charge < -0.3 is 14.9 Å². The van der Waals surface area contributed by atoms with Crippen LogP contribution >= 0.6 is 7.60 Å².